The molecule has 0 aliphatic rings. The number of carboxylic acids is 1. The minimum Gasteiger partial charge on any atom is -0.741 e. The van der Waals surface area contributed by atoms with Crippen molar-refractivity contribution in [2.75, 3.05) is 0 Å². The van der Waals surface area contributed by atoms with Crippen molar-refractivity contribution in [3.05, 3.63) is 25.3 Å². The van der Waals surface area contributed by atoms with Gasteiger partial charge in [0, 0.05) is 10.2 Å². The molecule has 0 radical (unpaired) electrons. The predicted octanol–water partition coefficient (Wildman–Crippen LogP) is -2.20. The second kappa shape index (κ2) is 10.9. The first-order valence-electron chi connectivity index (χ1n) is 5.19. The van der Waals surface area contributed by atoms with Crippen LogP contribution in [-0.4, -0.2) is 51.0 Å². The van der Waals surface area contributed by atoms with Gasteiger partial charge in [-0.3, -0.25) is 9.97 Å². The molecule has 18 heteroatoms. The van der Waals surface area contributed by atoms with Gasteiger partial charge in [-0.2, -0.15) is 26.3 Å². The lowest BCUT2D eigenvalue weighted by atomic mass is 10.7. The summed E-state index contributed by atoms with van der Waals surface area (Å²) in [4.78, 5) is 14.2. The number of nitrogens with one attached hydrogen (secondary N) is 4. The van der Waals surface area contributed by atoms with E-state index >= 15 is 0 Å². The number of nitrogens with zero attached hydrogens (tertiary/aromatic N) is 2. The van der Waals surface area contributed by atoms with Gasteiger partial charge >= 0.3 is 11.7 Å². The highest BCUT2D eigenvalue weighted by Crippen LogP contribution is 2.20. The topological polar surface area (TPSA) is 183 Å². The Kier molecular flexibility index (Phi) is 10.7. The Balaban J connectivity index is 0. The number of aromatic nitrogens is 6. The summed E-state index contributed by atoms with van der Waals surface area (Å²) in [6.07, 6.45) is 1.22. The lowest BCUT2D eigenvalue weighted by molar-refractivity contribution is -0.378. The molecule has 2 aromatic heterocycles. The van der Waals surface area contributed by atoms with Crippen LogP contribution in [0.3, 0.4) is 0 Å². The second-order valence-corrected chi connectivity index (χ2v) is 4.45. The number of aliphatic carboxylic acids is 1. The first-order chi connectivity index (χ1) is 11.2. The maximum absolute atomic E-state index is 10.7. The molecular weight excluding hydrogens is 394 g/mol. The van der Waals surface area contributed by atoms with Crippen molar-refractivity contribution < 1.29 is 59.2 Å². The fourth-order valence-electron chi connectivity index (χ4n) is 0.373. The van der Waals surface area contributed by atoms with Gasteiger partial charge < -0.3 is 14.5 Å². The molecule has 2 rings (SSSR count). The molecule has 2 aromatic rings. The van der Waals surface area contributed by atoms with Crippen LogP contribution in [0.5, 0.6) is 0 Å². The third-order valence-electron chi connectivity index (χ3n) is 1.24. The smallest absolute Gasteiger partial charge is 0.485 e. The Labute approximate surface area is 133 Å². The van der Waals surface area contributed by atoms with E-state index in [0.29, 0.717) is 0 Å². The van der Waals surface area contributed by atoms with Crippen LogP contribution in [0.1, 0.15) is 0 Å². The van der Waals surface area contributed by atoms with Crippen molar-refractivity contribution in [2.24, 2.45) is 0 Å². The Bertz CT molecular complexity index is 594. The molecule has 25 heavy (non-hydrogen) atoms. The lowest BCUT2D eigenvalue weighted by Crippen LogP contribution is -2.37. The van der Waals surface area contributed by atoms with Crippen molar-refractivity contribution in [2.45, 2.75) is 11.7 Å². The molecule has 0 unspecified atom stereocenters. The number of carboxylic acid groups (broad SMARTS) is 1. The monoisotopic (exact) mass is 402 g/mol. The molecule has 0 fully saturated rings. The molecule has 4 N–H and O–H groups in total. The van der Waals surface area contributed by atoms with Gasteiger partial charge in [0.05, 0.1) is 0 Å². The molecule has 0 bridgehead atoms. The first kappa shape index (κ1) is 24.5. The molecule has 0 aromatic carbocycles. The SMILES string of the molecule is O=C([O-])C(F)(F)F.O=S(=O)([O-])C(F)(F)F.c1n[nH]c[nH+]1.c1n[nH]c[nH+]1. The van der Waals surface area contributed by atoms with Gasteiger partial charge in [0.15, 0.2) is 10.1 Å². The molecule has 2 heterocycles. The van der Waals surface area contributed by atoms with Crippen molar-refractivity contribution >= 4 is 16.1 Å². The van der Waals surface area contributed by atoms with Crippen LogP contribution in [0.15, 0.2) is 25.3 Å². The molecule has 144 valence electrons. The Morgan fingerprint density at radius 1 is 0.960 bits per heavy atom. The summed E-state index contributed by atoms with van der Waals surface area (Å²) in [6.45, 7) is 0. The number of H-pyrrole nitrogens is 4. The van der Waals surface area contributed by atoms with Gasteiger partial charge in [-0.25, -0.2) is 8.42 Å². The zero-order chi connectivity index (χ0) is 20.1. The minimum atomic E-state index is -6.09. The third-order valence-corrected chi connectivity index (χ3v) is 1.80. The van der Waals surface area contributed by atoms with Gasteiger partial charge in [0.25, 0.3) is 12.7 Å². The number of aromatic amines is 4. The molecule has 11 nitrogen and oxygen atoms in total. The summed E-state index contributed by atoms with van der Waals surface area (Å²) in [5.74, 6) is -3.01. The molecular formula is C7H8F6N6O5S. The lowest BCUT2D eigenvalue weighted by Gasteiger charge is -2.08. The quantitative estimate of drug-likeness (QED) is 0.284. The van der Waals surface area contributed by atoms with Crippen molar-refractivity contribution in [3.8, 4) is 0 Å². The fourth-order valence-corrected chi connectivity index (χ4v) is 0.373. The van der Waals surface area contributed by atoms with E-state index in [2.05, 4.69) is 30.4 Å². The van der Waals surface area contributed by atoms with Gasteiger partial charge in [-0.15, -0.1) is 10.2 Å². The highest BCUT2D eigenvalue weighted by Gasteiger charge is 2.36. The normalized spacial score (nSPS) is 10.8. The number of alkyl halides is 6. The summed E-state index contributed by atoms with van der Waals surface area (Å²) in [7, 11) is -6.09. The minimum absolute atomic E-state index is 1.57. The third kappa shape index (κ3) is 15.9. The largest absolute Gasteiger partial charge is 0.741 e. The number of hydrogen-bond donors (Lipinski definition) is 2. The highest BCUT2D eigenvalue weighted by molar-refractivity contribution is 7.86. The molecule has 0 atom stereocenters. The Morgan fingerprint density at radius 3 is 1.28 bits per heavy atom. The van der Waals surface area contributed by atoms with E-state index in [1.165, 1.54) is 0 Å². The average molecular weight is 402 g/mol. The molecule has 0 amide bonds. The number of hydrogen-bond acceptors (Lipinski definition) is 7. The van der Waals surface area contributed by atoms with E-state index < -0.39 is 27.8 Å². The van der Waals surface area contributed by atoms with Crippen LogP contribution >= 0.6 is 0 Å². The van der Waals surface area contributed by atoms with Crippen molar-refractivity contribution in [3.63, 3.8) is 0 Å². The van der Waals surface area contributed by atoms with E-state index in [1.54, 1.807) is 25.3 Å². The van der Waals surface area contributed by atoms with Gasteiger partial charge in [0.1, 0.15) is 5.97 Å². The zero-order valence-electron chi connectivity index (χ0n) is 11.4. The Hall–Kier alpha value is -2.76. The number of halogens is 6. The van der Waals surface area contributed by atoms with E-state index in [0.717, 1.165) is 0 Å². The summed E-state index contributed by atoms with van der Waals surface area (Å²) in [6, 6.07) is 0. The number of carbonyl (C=O) groups is 1. The van der Waals surface area contributed by atoms with Gasteiger partial charge in [-0.1, -0.05) is 0 Å². The summed E-state index contributed by atoms with van der Waals surface area (Å²) in [5, 5.41) is 21.0. The second-order valence-electron chi connectivity index (χ2n) is 3.08. The van der Waals surface area contributed by atoms with Crippen LogP contribution in [0.4, 0.5) is 26.3 Å². The maximum Gasteiger partial charge on any atom is 0.485 e. The summed E-state index contributed by atoms with van der Waals surface area (Å²) in [5.41, 5.74) is -5.65. The molecule has 0 saturated carbocycles. The van der Waals surface area contributed by atoms with Crippen LogP contribution in [0.25, 0.3) is 0 Å². The van der Waals surface area contributed by atoms with E-state index in [4.69, 9.17) is 22.9 Å². The zero-order valence-corrected chi connectivity index (χ0v) is 12.2. The number of carbonyl (C=O) groups excluding carboxylic acids is 1. The summed E-state index contributed by atoms with van der Waals surface area (Å²) < 4.78 is 90.5. The van der Waals surface area contributed by atoms with E-state index in [9.17, 15) is 26.3 Å². The molecule has 0 saturated heterocycles. The van der Waals surface area contributed by atoms with Crippen LogP contribution in [0, 0.1) is 0 Å². The molecule has 0 spiro atoms. The van der Waals surface area contributed by atoms with Crippen molar-refractivity contribution in [1.82, 2.24) is 20.4 Å². The Morgan fingerprint density at radius 2 is 1.24 bits per heavy atom. The maximum atomic E-state index is 10.7. The summed E-state index contributed by atoms with van der Waals surface area (Å²) >= 11 is 0. The van der Waals surface area contributed by atoms with E-state index in [-0.39, 0.29) is 0 Å². The van der Waals surface area contributed by atoms with Gasteiger partial charge in [0.2, 0.25) is 12.7 Å². The standard InChI is InChI=1S/C2HF3O2.2C2H3N3.CHF3O3S/c3-2(4,5)1(6)7;2*1-3-2-5-4-1;2-1(3,4)8(5,6)7/h(H,6,7);2*1-2H,(H,3,4,5);(H,5,6,7). The first-order valence-corrected chi connectivity index (χ1v) is 6.60. The van der Waals surface area contributed by atoms with Crippen LogP contribution in [0.2, 0.25) is 0 Å². The van der Waals surface area contributed by atoms with Gasteiger partial charge in [-0.05, 0) is 0 Å². The fraction of sp³-hybridized carbons (Fsp3) is 0.286. The predicted molar refractivity (Wildman–Crippen MR) is 57.1 cm³/mol. The molecule has 0 aliphatic carbocycles. The molecule has 0 aliphatic heterocycles. The average Bonchev–Trinajstić information content (AvgIpc) is 3.15. The highest BCUT2D eigenvalue weighted by atomic mass is 32.2. The van der Waals surface area contributed by atoms with Crippen LogP contribution in [-0.2, 0) is 14.9 Å². The number of rotatable bonds is 0. The van der Waals surface area contributed by atoms with E-state index in [1.807, 2.05) is 0 Å². The van der Waals surface area contributed by atoms with Crippen LogP contribution < -0.4 is 15.1 Å². The van der Waals surface area contributed by atoms with Crippen molar-refractivity contribution in [1.29, 1.82) is 0 Å².